The van der Waals surface area contributed by atoms with Gasteiger partial charge in [0.05, 0.1) is 12.8 Å². The van der Waals surface area contributed by atoms with Crippen LogP contribution in [0.3, 0.4) is 0 Å². The van der Waals surface area contributed by atoms with Gasteiger partial charge in [-0.15, -0.1) is 11.3 Å². The number of fused-ring (bicyclic) bond motifs is 1. The topological polar surface area (TPSA) is 63.9 Å². The summed E-state index contributed by atoms with van der Waals surface area (Å²) in [5.41, 5.74) is 9.19. The molecule has 0 unspecified atom stereocenters. The van der Waals surface area contributed by atoms with Gasteiger partial charge >= 0.3 is 0 Å². The van der Waals surface area contributed by atoms with E-state index in [4.69, 9.17) is 10.5 Å². The second-order valence-electron chi connectivity index (χ2n) is 4.97. The van der Waals surface area contributed by atoms with Crippen LogP contribution in [0.5, 0.6) is 5.75 Å². The summed E-state index contributed by atoms with van der Waals surface area (Å²) in [5, 5.41) is 4.26. The van der Waals surface area contributed by atoms with Crippen molar-refractivity contribution in [1.29, 1.82) is 0 Å². The van der Waals surface area contributed by atoms with E-state index in [1.54, 1.807) is 18.4 Å². The Labute approximate surface area is 128 Å². The number of unbranched alkanes of at least 4 members (excludes halogenated alkanes) is 1. The monoisotopic (exact) mass is 301 g/mol. The van der Waals surface area contributed by atoms with Gasteiger partial charge in [0, 0.05) is 22.5 Å². The number of hydrogen-bond acceptors (Lipinski definition) is 4. The highest BCUT2D eigenvalue weighted by atomic mass is 32.1. The molecule has 4 nitrogen and oxygen atoms in total. The summed E-state index contributed by atoms with van der Waals surface area (Å²) in [7, 11) is 1.70. The number of rotatable bonds is 6. The van der Waals surface area contributed by atoms with E-state index in [0.717, 1.165) is 47.8 Å². The molecule has 0 spiro atoms. The fourth-order valence-corrected chi connectivity index (χ4v) is 3.25. The van der Waals surface area contributed by atoms with Crippen LogP contribution >= 0.6 is 11.3 Å². The molecule has 3 N–H and O–H groups in total. The number of aromatic amines is 1. The quantitative estimate of drug-likeness (QED) is 0.684. The lowest BCUT2D eigenvalue weighted by atomic mass is 10.0. The number of nitrogens with one attached hydrogen (secondary N) is 1. The zero-order chi connectivity index (χ0) is 14.7. The van der Waals surface area contributed by atoms with Crippen molar-refractivity contribution in [2.24, 2.45) is 5.73 Å². The Balaban J connectivity index is 2.09. The predicted octanol–water partition coefficient (Wildman–Crippen LogP) is 3.58. The van der Waals surface area contributed by atoms with Crippen molar-refractivity contribution in [3.63, 3.8) is 0 Å². The number of H-pyrrole nitrogens is 1. The van der Waals surface area contributed by atoms with E-state index in [9.17, 15) is 0 Å². The molecule has 0 atom stereocenters. The van der Waals surface area contributed by atoms with Crippen LogP contribution < -0.4 is 10.5 Å². The lowest BCUT2D eigenvalue weighted by Crippen LogP contribution is -1.99. The first-order valence-corrected chi connectivity index (χ1v) is 8.00. The molecule has 2 aromatic heterocycles. The summed E-state index contributed by atoms with van der Waals surface area (Å²) in [6.45, 7) is 0.734. The predicted molar refractivity (Wildman–Crippen MR) is 88.0 cm³/mol. The lowest BCUT2D eigenvalue weighted by molar-refractivity contribution is 0.415. The van der Waals surface area contributed by atoms with Crippen LogP contribution in [0.15, 0.2) is 29.8 Å². The summed E-state index contributed by atoms with van der Waals surface area (Å²) >= 11 is 1.66. The van der Waals surface area contributed by atoms with E-state index in [0.29, 0.717) is 0 Å². The highest BCUT2D eigenvalue weighted by Crippen LogP contribution is 2.34. The van der Waals surface area contributed by atoms with Crippen LogP contribution in [0.1, 0.15) is 18.4 Å². The van der Waals surface area contributed by atoms with Crippen LogP contribution in [0.4, 0.5) is 0 Å². The number of aryl methyl sites for hydroxylation is 1. The first kappa shape index (κ1) is 14.1. The number of ether oxygens (including phenoxy) is 1. The Hall–Kier alpha value is -1.85. The normalized spacial score (nSPS) is 11.1. The summed E-state index contributed by atoms with van der Waals surface area (Å²) in [6, 6.07) is 6.15. The first-order valence-electron chi connectivity index (χ1n) is 7.12. The molecule has 110 valence electrons. The number of nitrogens with zero attached hydrogens (tertiary/aromatic N) is 1. The van der Waals surface area contributed by atoms with Crippen molar-refractivity contribution < 1.29 is 4.74 Å². The van der Waals surface area contributed by atoms with Gasteiger partial charge in [-0.25, -0.2) is 4.98 Å². The van der Waals surface area contributed by atoms with Crippen molar-refractivity contribution in [3.05, 3.63) is 35.3 Å². The standard InChI is InChI=1S/C16H19N3OS/c1-20-11-5-6-14-13(10-11)12(4-2-3-7-17)15(19-14)16-18-8-9-21-16/h5-6,8-10,19H,2-4,7,17H2,1H3. The molecule has 0 aliphatic rings. The molecule has 0 radical (unpaired) electrons. The van der Waals surface area contributed by atoms with Crippen LogP contribution in [0.2, 0.25) is 0 Å². The maximum atomic E-state index is 5.62. The molecule has 0 saturated heterocycles. The van der Waals surface area contributed by atoms with E-state index in [1.165, 1.54) is 10.9 Å². The van der Waals surface area contributed by atoms with Gasteiger partial charge in [-0.05, 0) is 49.6 Å². The fourth-order valence-electron chi connectivity index (χ4n) is 2.59. The minimum atomic E-state index is 0.734. The molecule has 0 amide bonds. The maximum absolute atomic E-state index is 5.62. The Kier molecular flexibility index (Phi) is 4.22. The molecule has 3 rings (SSSR count). The second kappa shape index (κ2) is 6.28. The average Bonchev–Trinajstić information content (AvgIpc) is 3.14. The zero-order valence-electron chi connectivity index (χ0n) is 12.1. The molecule has 0 fully saturated rings. The van der Waals surface area contributed by atoms with E-state index in [-0.39, 0.29) is 0 Å². The number of benzene rings is 1. The summed E-state index contributed by atoms with van der Waals surface area (Å²) in [5.74, 6) is 0.882. The van der Waals surface area contributed by atoms with Crippen LogP contribution in [0.25, 0.3) is 21.6 Å². The molecule has 0 aliphatic carbocycles. The van der Waals surface area contributed by atoms with Gasteiger partial charge in [-0.1, -0.05) is 0 Å². The van der Waals surface area contributed by atoms with Crippen LogP contribution in [0, 0.1) is 0 Å². The second-order valence-corrected chi connectivity index (χ2v) is 5.87. The summed E-state index contributed by atoms with van der Waals surface area (Å²) < 4.78 is 5.36. The smallest absolute Gasteiger partial charge is 0.139 e. The maximum Gasteiger partial charge on any atom is 0.139 e. The molecule has 21 heavy (non-hydrogen) atoms. The SMILES string of the molecule is COc1ccc2[nH]c(-c3nccs3)c(CCCCN)c2c1. The Morgan fingerprint density at radius 1 is 1.33 bits per heavy atom. The van der Waals surface area contributed by atoms with E-state index in [1.807, 2.05) is 17.6 Å². The van der Waals surface area contributed by atoms with Gasteiger partial charge in [0.15, 0.2) is 0 Å². The Bertz CT molecular complexity index is 719. The number of hydrogen-bond donors (Lipinski definition) is 2. The number of aromatic nitrogens is 2. The van der Waals surface area contributed by atoms with Gasteiger partial charge in [-0.2, -0.15) is 0 Å². The minimum Gasteiger partial charge on any atom is -0.497 e. The van der Waals surface area contributed by atoms with Gasteiger partial charge in [-0.3, -0.25) is 0 Å². The average molecular weight is 301 g/mol. The molecule has 5 heteroatoms. The number of thiazole rings is 1. The summed E-state index contributed by atoms with van der Waals surface area (Å²) in [6.07, 6.45) is 4.96. The molecular formula is C16H19N3OS. The largest absolute Gasteiger partial charge is 0.497 e. The highest BCUT2D eigenvalue weighted by molar-refractivity contribution is 7.13. The van der Waals surface area contributed by atoms with Gasteiger partial charge in [0.1, 0.15) is 10.8 Å². The highest BCUT2D eigenvalue weighted by Gasteiger charge is 2.15. The van der Waals surface area contributed by atoms with E-state index in [2.05, 4.69) is 22.1 Å². The zero-order valence-corrected chi connectivity index (χ0v) is 12.9. The molecule has 2 heterocycles. The van der Waals surface area contributed by atoms with Crippen molar-refractivity contribution in [2.45, 2.75) is 19.3 Å². The minimum absolute atomic E-state index is 0.734. The third-order valence-electron chi connectivity index (χ3n) is 3.64. The first-order chi connectivity index (χ1) is 10.3. The van der Waals surface area contributed by atoms with Crippen molar-refractivity contribution in [1.82, 2.24) is 9.97 Å². The van der Waals surface area contributed by atoms with Crippen LogP contribution in [-0.2, 0) is 6.42 Å². The van der Waals surface area contributed by atoms with Gasteiger partial charge < -0.3 is 15.5 Å². The van der Waals surface area contributed by atoms with Crippen molar-refractivity contribution >= 4 is 22.2 Å². The van der Waals surface area contributed by atoms with Gasteiger partial charge in [0.2, 0.25) is 0 Å². The van der Waals surface area contributed by atoms with Crippen molar-refractivity contribution in [3.8, 4) is 16.5 Å². The Morgan fingerprint density at radius 2 is 2.24 bits per heavy atom. The summed E-state index contributed by atoms with van der Waals surface area (Å²) in [4.78, 5) is 7.95. The molecule has 3 aromatic rings. The molecular weight excluding hydrogens is 282 g/mol. The van der Waals surface area contributed by atoms with Crippen molar-refractivity contribution in [2.75, 3.05) is 13.7 Å². The fraction of sp³-hybridized carbons (Fsp3) is 0.312. The van der Waals surface area contributed by atoms with E-state index >= 15 is 0 Å². The third kappa shape index (κ3) is 2.80. The third-order valence-corrected chi connectivity index (χ3v) is 4.43. The Morgan fingerprint density at radius 3 is 2.95 bits per heavy atom. The van der Waals surface area contributed by atoms with Crippen LogP contribution in [-0.4, -0.2) is 23.6 Å². The molecule has 1 aromatic carbocycles. The van der Waals surface area contributed by atoms with Gasteiger partial charge in [0.25, 0.3) is 0 Å². The lowest BCUT2D eigenvalue weighted by Gasteiger charge is -2.04. The molecule has 0 saturated carbocycles. The number of methoxy groups -OCH3 is 1. The molecule has 0 aliphatic heterocycles. The number of nitrogens with two attached hydrogens (primary N) is 1. The molecule has 0 bridgehead atoms. The van der Waals surface area contributed by atoms with E-state index < -0.39 is 0 Å².